The Morgan fingerprint density at radius 2 is 1.84 bits per heavy atom. The number of hydrogen-bond acceptors (Lipinski definition) is 4. The molecular formula is C29H39FN4O3. The van der Waals surface area contributed by atoms with Gasteiger partial charge in [-0.2, -0.15) is 0 Å². The number of methoxy groups -OCH3 is 1. The number of halogens is 1. The second kappa shape index (κ2) is 14.8. The molecule has 2 aromatic carbocycles. The van der Waals surface area contributed by atoms with Crippen molar-refractivity contribution in [3.05, 3.63) is 65.9 Å². The van der Waals surface area contributed by atoms with Crippen LogP contribution < -0.4 is 5.32 Å². The van der Waals surface area contributed by atoms with Crippen LogP contribution in [0, 0.1) is 12.7 Å². The Kier molecular flexibility index (Phi) is 11.8. The number of amides is 2. The van der Waals surface area contributed by atoms with Crippen molar-refractivity contribution in [2.75, 3.05) is 20.2 Å². The minimum atomic E-state index is -0.648. The van der Waals surface area contributed by atoms with Crippen molar-refractivity contribution in [1.82, 2.24) is 20.2 Å². The predicted octanol–water partition coefficient (Wildman–Crippen LogP) is 6.65. The van der Waals surface area contributed by atoms with Crippen molar-refractivity contribution in [3.63, 3.8) is 0 Å². The van der Waals surface area contributed by atoms with E-state index in [1.54, 1.807) is 18.0 Å². The molecule has 1 aliphatic heterocycles. The monoisotopic (exact) mass is 510 g/mol. The average molecular weight is 511 g/mol. The van der Waals surface area contributed by atoms with Gasteiger partial charge in [-0.3, -0.25) is 4.79 Å². The number of imidazole rings is 1. The lowest BCUT2D eigenvalue weighted by Gasteiger charge is -2.23. The number of alkyl carbamates (subject to hydrolysis) is 1. The van der Waals surface area contributed by atoms with Gasteiger partial charge in [-0.05, 0) is 48.6 Å². The Bertz CT molecular complexity index is 1150. The number of nitrogens with one attached hydrogen (secondary N) is 2. The molecule has 8 heteroatoms. The van der Waals surface area contributed by atoms with E-state index in [-0.39, 0.29) is 24.3 Å². The van der Waals surface area contributed by atoms with Gasteiger partial charge in [-0.1, -0.05) is 64.4 Å². The third kappa shape index (κ3) is 7.65. The second-order valence-corrected chi connectivity index (χ2v) is 8.48. The van der Waals surface area contributed by atoms with Gasteiger partial charge in [0.1, 0.15) is 18.2 Å². The van der Waals surface area contributed by atoms with Gasteiger partial charge in [0, 0.05) is 12.1 Å². The van der Waals surface area contributed by atoms with Crippen LogP contribution in [0.4, 0.5) is 9.18 Å². The number of likely N-dealkylation sites (tertiary alicyclic amines) is 1. The van der Waals surface area contributed by atoms with Crippen LogP contribution in [0.1, 0.15) is 64.4 Å². The minimum Gasteiger partial charge on any atom is -0.453 e. The highest BCUT2D eigenvalue weighted by molar-refractivity contribution is 5.82. The summed E-state index contributed by atoms with van der Waals surface area (Å²) < 4.78 is 19.3. The van der Waals surface area contributed by atoms with Crippen LogP contribution in [0.15, 0.2) is 48.7 Å². The fraction of sp³-hybridized carbons (Fsp3) is 0.414. The van der Waals surface area contributed by atoms with Gasteiger partial charge in [0.15, 0.2) is 0 Å². The van der Waals surface area contributed by atoms with Gasteiger partial charge in [-0.25, -0.2) is 14.2 Å². The normalized spacial score (nSPS) is 14.1. The summed E-state index contributed by atoms with van der Waals surface area (Å²) >= 11 is 0. The first kappa shape index (κ1) is 29.5. The molecule has 0 unspecified atom stereocenters. The highest BCUT2D eigenvalue weighted by atomic mass is 19.1. The SMILES string of the molecule is CC.CCC.COC(=O)NCC(=O)N1CCC[C@H]1c1ncc(-c2cc(F)c(C)c(-c3ccccc3)c2)[nH]1. The predicted molar refractivity (Wildman–Crippen MR) is 146 cm³/mol. The van der Waals surface area contributed by atoms with Gasteiger partial charge >= 0.3 is 6.09 Å². The Morgan fingerprint density at radius 1 is 1.16 bits per heavy atom. The van der Waals surface area contributed by atoms with E-state index in [0.717, 1.165) is 24.0 Å². The molecule has 2 N–H and O–H groups in total. The lowest BCUT2D eigenvalue weighted by Crippen LogP contribution is -2.40. The van der Waals surface area contributed by atoms with Gasteiger partial charge in [0.05, 0.1) is 25.0 Å². The molecule has 4 rings (SSSR count). The number of aromatic nitrogens is 2. The van der Waals surface area contributed by atoms with Crippen LogP contribution in [0.5, 0.6) is 0 Å². The highest BCUT2D eigenvalue weighted by Gasteiger charge is 2.32. The van der Waals surface area contributed by atoms with Crippen LogP contribution in [-0.2, 0) is 9.53 Å². The highest BCUT2D eigenvalue weighted by Crippen LogP contribution is 2.34. The number of benzene rings is 2. The van der Waals surface area contributed by atoms with Crippen molar-refractivity contribution in [3.8, 4) is 22.4 Å². The fourth-order valence-corrected chi connectivity index (χ4v) is 4.08. The molecule has 3 aromatic rings. The Labute approximate surface area is 219 Å². The summed E-state index contributed by atoms with van der Waals surface area (Å²) in [5.74, 6) is 0.152. The molecule has 37 heavy (non-hydrogen) atoms. The molecule has 1 fully saturated rings. The summed E-state index contributed by atoms with van der Waals surface area (Å²) in [6.45, 7) is 10.5. The van der Waals surface area contributed by atoms with Gasteiger partial charge in [0.2, 0.25) is 5.91 Å². The zero-order chi connectivity index (χ0) is 27.4. The molecular weight excluding hydrogens is 471 g/mol. The van der Waals surface area contributed by atoms with Crippen LogP contribution >= 0.6 is 0 Å². The van der Waals surface area contributed by atoms with E-state index in [4.69, 9.17) is 0 Å². The number of nitrogens with zero attached hydrogens (tertiary/aromatic N) is 2. The van der Waals surface area contributed by atoms with Crippen LogP contribution in [-0.4, -0.2) is 47.1 Å². The molecule has 200 valence electrons. The first-order valence-corrected chi connectivity index (χ1v) is 12.9. The summed E-state index contributed by atoms with van der Waals surface area (Å²) in [7, 11) is 1.25. The first-order chi connectivity index (χ1) is 17.9. The van der Waals surface area contributed by atoms with Crippen LogP contribution in [0.25, 0.3) is 22.4 Å². The summed E-state index contributed by atoms with van der Waals surface area (Å²) in [5, 5.41) is 2.42. The smallest absolute Gasteiger partial charge is 0.407 e. The van der Waals surface area contributed by atoms with Crippen molar-refractivity contribution < 1.29 is 18.7 Å². The van der Waals surface area contributed by atoms with E-state index in [1.807, 2.05) is 50.2 Å². The topological polar surface area (TPSA) is 87.3 Å². The summed E-state index contributed by atoms with van der Waals surface area (Å²) in [6, 6.07) is 12.9. The largest absolute Gasteiger partial charge is 0.453 e. The maximum atomic E-state index is 14.7. The lowest BCUT2D eigenvalue weighted by atomic mass is 9.97. The fourth-order valence-electron chi connectivity index (χ4n) is 4.08. The molecule has 0 spiro atoms. The van der Waals surface area contributed by atoms with Crippen molar-refractivity contribution >= 4 is 12.0 Å². The van der Waals surface area contributed by atoms with E-state index in [9.17, 15) is 14.0 Å². The molecule has 0 radical (unpaired) electrons. The molecule has 1 aromatic heterocycles. The molecule has 2 heterocycles. The first-order valence-electron chi connectivity index (χ1n) is 12.9. The van der Waals surface area contributed by atoms with Gasteiger partial charge in [0.25, 0.3) is 0 Å². The number of carbonyl (C=O) groups excluding carboxylic acids is 2. The number of aromatic amines is 1. The third-order valence-electron chi connectivity index (χ3n) is 5.79. The molecule has 0 saturated carbocycles. The summed E-state index contributed by atoms with van der Waals surface area (Å²) in [5.41, 5.74) is 3.72. The van der Waals surface area contributed by atoms with Gasteiger partial charge in [-0.15, -0.1) is 0 Å². The lowest BCUT2D eigenvalue weighted by molar-refractivity contribution is -0.131. The third-order valence-corrected chi connectivity index (χ3v) is 5.79. The maximum Gasteiger partial charge on any atom is 0.407 e. The van der Waals surface area contributed by atoms with E-state index in [0.29, 0.717) is 29.2 Å². The molecule has 0 aliphatic carbocycles. The zero-order valence-corrected chi connectivity index (χ0v) is 22.7. The molecule has 2 amide bonds. The van der Waals surface area contributed by atoms with Crippen molar-refractivity contribution in [2.24, 2.45) is 0 Å². The number of ether oxygens (including phenoxy) is 1. The van der Waals surface area contributed by atoms with Crippen molar-refractivity contribution in [2.45, 2.75) is 59.9 Å². The average Bonchev–Trinajstić information content (AvgIpc) is 3.61. The van der Waals surface area contributed by atoms with Crippen LogP contribution in [0.2, 0.25) is 0 Å². The van der Waals surface area contributed by atoms with E-state index in [1.165, 1.54) is 19.6 Å². The molecule has 0 bridgehead atoms. The quantitative estimate of drug-likeness (QED) is 0.402. The summed E-state index contributed by atoms with van der Waals surface area (Å²) in [4.78, 5) is 33.3. The maximum absolute atomic E-state index is 14.7. The summed E-state index contributed by atoms with van der Waals surface area (Å²) in [6.07, 6.45) is 3.86. The molecule has 1 aliphatic rings. The number of carbonyl (C=O) groups is 2. The Hall–Kier alpha value is -3.68. The zero-order valence-electron chi connectivity index (χ0n) is 22.7. The minimum absolute atomic E-state index is 0.139. The molecule has 1 atom stereocenters. The van der Waals surface area contributed by atoms with Gasteiger partial charge < -0.3 is 19.9 Å². The van der Waals surface area contributed by atoms with Crippen LogP contribution in [0.3, 0.4) is 0 Å². The molecule has 7 nitrogen and oxygen atoms in total. The molecule has 1 saturated heterocycles. The Morgan fingerprint density at radius 3 is 2.49 bits per heavy atom. The number of H-pyrrole nitrogens is 1. The number of hydrogen-bond donors (Lipinski definition) is 2. The van der Waals surface area contributed by atoms with Crippen molar-refractivity contribution in [1.29, 1.82) is 0 Å². The van der Waals surface area contributed by atoms with E-state index >= 15 is 0 Å². The van der Waals surface area contributed by atoms with E-state index < -0.39 is 6.09 Å². The second-order valence-electron chi connectivity index (χ2n) is 8.48. The standard InChI is InChI=1S/C24H25FN4O3.C3H8.C2H6/c1-15-18(16-7-4-3-5-8-16)11-17(12-19(15)25)20-13-26-23(28-20)21-9-6-10-29(21)22(30)14-27-24(31)32-2;1-3-2;1-2/h3-5,7-8,11-13,21H,6,9-10,14H2,1-2H3,(H,26,28)(H,27,31);3H2,1-2H3;1-2H3/t21-;;/m0../s1. The van der Waals surface area contributed by atoms with E-state index in [2.05, 4.69) is 33.9 Å². The Balaban J connectivity index is 0.000000898. The number of rotatable bonds is 5.